The molecule has 0 radical (unpaired) electrons. The molecule has 0 saturated heterocycles. The van der Waals surface area contributed by atoms with Crippen LogP contribution in [0, 0.1) is 13.8 Å². The van der Waals surface area contributed by atoms with Crippen LogP contribution in [0.3, 0.4) is 0 Å². The van der Waals surface area contributed by atoms with E-state index in [4.69, 9.17) is 14.2 Å². The molecule has 2 aromatic rings. The van der Waals surface area contributed by atoms with Gasteiger partial charge in [0, 0.05) is 28.0 Å². The Morgan fingerprint density at radius 3 is 2.08 bits per heavy atom. The molecule has 1 aromatic carbocycles. The van der Waals surface area contributed by atoms with Crippen LogP contribution in [0.1, 0.15) is 29.2 Å². The van der Waals surface area contributed by atoms with Crippen LogP contribution in [0.4, 0.5) is 0 Å². The molecule has 5 nitrogen and oxygen atoms in total. The Balaban J connectivity index is 2.84. The van der Waals surface area contributed by atoms with E-state index in [9.17, 15) is 5.11 Å². The molecule has 1 heterocycles. The summed E-state index contributed by atoms with van der Waals surface area (Å²) in [6, 6.07) is 1.83. The van der Waals surface area contributed by atoms with Gasteiger partial charge in [-0.2, -0.15) is 0 Å². The van der Waals surface area contributed by atoms with Crippen molar-refractivity contribution in [3.8, 4) is 17.2 Å². The number of aromatic nitrogens is 1. The van der Waals surface area contributed by atoms with Crippen molar-refractivity contribution in [1.29, 1.82) is 0 Å². The van der Waals surface area contributed by atoms with Crippen LogP contribution >= 0.6 is 15.9 Å². The lowest BCUT2D eigenvalue weighted by atomic mass is 9.83. The first-order valence-corrected chi connectivity index (χ1v) is 8.21. The van der Waals surface area contributed by atoms with E-state index < -0.39 is 5.60 Å². The van der Waals surface area contributed by atoms with Crippen molar-refractivity contribution in [2.75, 3.05) is 21.3 Å². The Kier molecular flexibility index (Phi) is 5.40. The number of ether oxygens (including phenoxy) is 3. The summed E-state index contributed by atoms with van der Waals surface area (Å²) in [7, 11) is 4.66. The molecule has 0 amide bonds. The van der Waals surface area contributed by atoms with Crippen molar-refractivity contribution in [2.24, 2.45) is 0 Å². The highest BCUT2D eigenvalue weighted by molar-refractivity contribution is 9.10. The molecule has 6 heteroatoms. The number of rotatable bonds is 5. The number of hydrogen-bond donors (Lipinski definition) is 1. The highest BCUT2D eigenvalue weighted by Gasteiger charge is 2.36. The molecule has 0 fully saturated rings. The average molecular weight is 396 g/mol. The van der Waals surface area contributed by atoms with E-state index in [-0.39, 0.29) is 0 Å². The zero-order chi connectivity index (χ0) is 18.1. The molecule has 2 rings (SSSR count). The standard InChI is InChI=1S/C18H22BrNO4/c1-10-7-13(22-4)16(23-5)17(24-6)15(10)18(3,21)14-11(2)8-20-9-12(14)19/h7-9,21H,1-6H3. The number of benzene rings is 1. The average Bonchev–Trinajstić information content (AvgIpc) is 2.52. The van der Waals surface area contributed by atoms with Gasteiger partial charge in [0.2, 0.25) is 5.75 Å². The van der Waals surface area contributed by atoms with Crippen molar-refractivity contribution in [3.05, 3.63) is 45.2 Å². The first-order chi connectivity index (χ1) is 11.3. The fourth-order valence-electron chi connectivity index (χ4n) is 3.16. The Hall–Kier alpha value is -1.79. The lowest BCUT2D eigenvalue weighted by Crippen LogP contribution is -2.27. The summed E-state index contributed by atoms with van der Waals surface area (Å²) in [6.07, 6.45) is 3.39. The van der Waals surface area contributed by atoms with Gasteiger partial charge in [0.05, 0.1) is 21.3 Å². The van der Waals surface area contributed by atoms with Crippen molar-refractivity contribution < 1.29 is 19.3 Å². The largest absolute Gasteiger partial charge is 0.493 e. The number of nitrogens with zero attached hydrogens (tertiary/aromatic N) is 1. The van der Waals surface area contributed by atoms with Gasteiger partial charge in [-0.15, -0.1) is 0 Å². The molecule has 0 aliphatic carbocycles. The molecule has 130 valence electrons. The maximum Gasteiger partial charge on any atom is 0.203 e. The first-order valence-electron chi connectivity index (χ1n) is 7.42. The minimum absolute atomic E-state index is 0.447. The van der Waals surface area contributed by atoms with Gasteiger partial charge in [0.1, 0.15) is 5.60 Å². The molecular formula is C18H22BrNO4. The Bertz CT molecular complexity index is 739. The summed E-state index contributed by atoms with van der Waals surface area (Å²) < 4.78 is 17.1. The third-order valence-electron chi connectivity index (χ3n) is 4.09. The number of aliphatic hydroxyl groups is 1. The third kappa shape index (κ3) is 2.96. The second-order valence-corrected chi connectivity index (χ2v) is 6.58. The van der Waals surface area contributed by atoms with Crippen LogP contribution in [0.2, 0.25) is 0 Å². The van der Waals surface area contributed by atoms with Crippen LogP contribution in [0.15, 0.2) is 22.9 Å². The summed E-state index contributed by atoms with van der Waals surface area (Å²) in [6.45, 7) is 5.54. The number of hydrogen-bond acceptors (Lipinski definition) is 5. The number of aryl methyl sites for hydroxylation is 2. The molecule has 0 aliphatic heterocycles. The van der Waals surface area contributed by atoms with E-state index in [0.717, 1.165) is 21.2 Å². The second kappa shape index (κ2) is 6.99. The summed E-state index contributed by atoms with van der Waals surface area (Å²) >= 11 is 3.50. The van der Waals surface area contributed by atoms with Crippen molar-refractivity contribution in [2.45, 2.75) is 26.4 Å². The van der Waals surface area contributed by atoms with Crippen LogP contribution in [-0.2, 0) is 5.60 Å². The smallest absolute Gasteiger partial charge is 0.203 e. The summed E-state index contributed by atoms with van der Waals surface area (Å²) in [5.74, 6) is 1.45. The van der Waals surface area contributed by atoms with E-state index in [1.165, 1.54) is 0 Å². The maximum atomic E-state index is 11.5. The number of halogens is 1. The highest BCUT2D eigenvalue weighted by Crippen LogP contribution is 2.49. The summed E-state index contributed by atoms with van der Waals surface area (Å²) in [4.78, 5) is 4.14. The Morgan fingerprint density at radius 2 is 1.58 bits per heavy atom. The molecule has 1 atom stereocenters. The zero-order valence-corrected chi connectivity index (χ0v) is 16.3. The van der Waals surface area contributed by atoms with Crippen LogP contribution in [-0.4, -0.2) is 31.4 Å². The van der Waals surface area contributed by atoms with Gasteiger partial charge in [-0.05, 0) is 53.9 Å². The second-order valence-electron chi connectivity index (χ2n) is 5.72. The molecule has 0 aliphatic rings. The lowest BCUT2D eigenvalue weighted by Gasteiger charge is -2.31. The van der Waals surface area contributed by atoms with E-state index in [1.54, 1.807) is 40.6 Å². The van der Waals surface area contributed by atoms with Gasteiger partial charge in [0.25, 0.3) is 0 Å². The van der Waals surface area contributed by atoms with E-state index in [0.29, 0.717) is 22.8 Å². The minimum atomic E-state index is -1.32. The predicted molar refractivity (Wildman–Crippen MR) is 96.2 cm³/mol. The van der Waals surface area contributed by atoms with Gasteiger partial charge in [0.15, 0.2) is 11.5 Å². The van der Waals surface area contributed by atoms with Crippen molar-refractivity contribution in [1.82, 2.24) is 4.98 Å². The molecular weight excluding hydrogens is 374 g/mol. The van der Waals surface area contributed by atoms with Crippen molar-refractivity contribution in [3.63, 3.8) is 0 Å². The lowest BCUT2D eigenvalue weighted by molar-refractivity contribution is 0.0959. The number of pyridine rings is 1. The number of methoxy groups -OCH3 is 3. The quantitative estimate of drug-likeness (QED) is 0.835. The first kappa shape index (κ1) is 18.5. The van der Waals surface area contributed by atoms with Gasteiger partial charge in [-0.25, -0.2) is 0 Å². The van der Waals surface area contributed by atoms with Crippen molar-refractivity contribution >= 4 is 15.9 Å². The summed E-state index contributed by atoms with van der Waals surface area (Å²) in [5.41, 5.74) is 1.73. The molecule has 1 unspecified atom stereocenters. The zero-order valence-electron chi connectivity index (χ0n) is 14.7. The van der Waals surface area contributed by atoms with Gasteiger partial charge in [-0.1, -0.05) is 0 Å². The van der Waals surface area contributed by atoms with Gasteiger partial charge < -0.3 is 19.3 Å². The predicted octanol–water partition coefficient (Wildman–Crippen LogP) is 3.74. The van der Waals surface area contributed by atoms with Gasteiger partial charge in [-0.3, -0.25) is 4.98 Å². The molecule has 0 saturated carbocycles. The van der Waals surface area contributed by atoms with E-state index in [1.807, 2.05) is 19.9 Å². The van der Waals surface area contributed by atoms with Crippen LogP contribution in [0.5, 0.6) is 17.2 Å². The molecule has 0 bridgehead atoms. The monoisotopic (exact) mass is 395 g/mol. The van der Waals surface area contributed by atoms with Gasteiger partial charge >= 0.3 is 0 Å². The van der Waals surface area contributed by atoms with Crippen LogP contribution in [0.25, 0.3) is 0 Å². The summed E-state index contributed by atoms with van der Waals surface area (Å²) in [5, 5.41) is 11.5. The molecule has 24 heavy (non-hydrogen) atoms. The fraction of sp³-hybridized carbons (Fsp3) is 0.389. The van der Waals surface area contributed by atoms with E-state index in [2.05, 4.69) is 20.9 Å². The topological polar surface area (TPSA) is 60.8 Å². The normalized spacial score (nSPS) is 13.3. The Morgan fingerprint density at radius 1 is 0.958 bits per heavy atom. The molecule has 1 N–H and O–H groups in total. The van der Waals surface area contributed by atoms with E-state index >= 15 is 0 Å². The Labute approximate surface area is 150 Å². The van der Waals surface area contributed by atoms with Crippen LogP contribution < -0.4 is 14.2 Å². The highest BCUT2D eigenvalue weighted by atomic mass is 79.9. The molecule has 0 spiro atoms. The maximum absolute atomic E-state index is 11.5. The fourth-order valence-corrected chi connectivity index (χ4v) is 3.97. The molecule has 1 aromatic heterocycles. The minimum Gasteiger partial charge on any atom is -0.493 e. The SMILES string of the molecule is COc1cc(C)c(C(C)(O)c2c(C)cncc2Br)c(OC)c1OC. The third-order valence-corrected chi connectivity index (χ3v) is 4.69.